The van der Waals surface area contributed by atoms with Crippen LogP contribution in [0, 0.1) is 5.92 Å². The summed E-state index contributed by atoms with van der Waals surface area (Å²) in [5, 5.41) is 2.73. The first-order valence-corrected chi connectivity index (χ1v) is 12.2. The van der Waals surface area contributed by atoms with Gasteiger partial charge in [0.15, 0.2) is 0 Å². The molecular formula is C24H42NO3P. The Kier molecular flexibility index (Phi) is 15.6. The Morgan fingerprint density at radius 3 is 2.10 bits per heavy atom. The average Bonchev–Trinajstić information content (AvgIpc) is 2.62. The molecule has 0 radical (unpaired) electrons. The zero-order valence-electron chi connectivity index (χ0n) is 19.3. The second-order valence-corrected chi connectivity index (χ2v) is 9.35. The SMILES string of the molecule is CC=CC(C)CC(C)=CCCC(C)=CCCC(C)=CCNC(=O)C(CC)[PH](=O)O. The van der Waals surface area contributed by atoms with Gasteiger partial charge >= 0.3 is 0 Å². The molecule has 5 heteroatoms. The van der Waals surface area contributed by atoms with Gasteiger partial charge in [-0.15, -0.1) is 0 Å². The van der Waals surface area contributed by atoms with Crippen LogP contribution in [0.4, 0.5) is 0 Å². The zero-order chi connectivity index (χ0) is 22.2. The number of allylic oxidation sites excluding steroid dienone is 7. The summed E-state index contributed by atoms with van der Waals surface area (Å²) in [5.41, 5.74) is 3.31. The van der Waals surface area contributed by atoms with E-state index in [1.54, 1.807) is 6.92 Å². The van der Waals surface area contributed by atoms with Gasteiger partial charge in [0.1, 0.15) is 5.66 Å². The van der Waals surface area contributed by atoms with Crippen molar-refractivity contribution in [2.24, 2.45) is 5.92 Å². The first-order valence-electron chi connectivity index (χ1n) is 10.8. The van der Waals surface area contributed by atoms with Gasteiger partial charge in [0.25, 0.3) is 0 Å². The predicted octanol–water partition coefficient (Wildman–Crippen LogP) is 6.35. The van der Waals surface area contributed by atoms with Crippen molar-refractivity contribution in [1.29, 1.82) is 0 Å². The summed E-state index contributed by atoms with van der Waals surface area (Å²) in [6, 6.07) is 0. The van der Waals surface area contributed by atoms with Crippen LogP contribution in [0.5, 0.6) is 0 Å². The summed E-state index contributed by atoms with van der Waals surface area (Å²) < 4.78 is 11.2. The summed E-state index contributed by atoms with van der Waals surface area (Å²) in [6.45, 7) is 12.9. The maximum atomic E-state index is 11.8. The Morgan fingerprint density at radius 1 is 1.03 bits per heavy atom. The molecular weight excluding hydrogens is 381 g/mol. The van der Waals surface area contributed by atoms with Gasteiger partial charge in [0.2, 0.25) is 13.9 Å². The van der Waals surface area contributed by atoms with Crippen LogP contribution in [-0.4, -0.2) is 23.0 Å². The number of rotatable bonds is 14. The number of carbonyl (C=O) groups excluding carboxylic acids is 1. The molecule has 0 bridgehead atoms. The van der Waals surface area contributed by atoms with Crippen LogP contribution in [0.1, 0.15) is 80.1 Å². The Labute approximate surface area is 179 Å². The number of carbonyl (C=O) groups is 1. The third kappa shape index (κ3) is 14.3. The van der Waals surface area contributed by atoms with E-state index in [4.69, 9.17) is 4.89 Å². The minimum absolute atomic E-state index is 0.331. The quantitative estimate of drug-likeness (QED) is 0.253. The largest absolute Gasteiger partial charge is 0.352 e. The Balaban J connectivity index is 4.21. The molecule has 0 aliphatic rings. The maximum Gasteiger partial charge on any atom is 0.232 e. The fourth-order valence-electron chi connectivity index (χ4n) is 3.21. The van der Waals surface area contributed by atoms with Crippen LogP contribution < -0.4 is 5.32 Å². The lowest BCUT2D eigenvalue weighted by atomic mass is 10.00. The van der Waals surface area contributed by atoms with Crippen LogP contribution in [0.3, 0.4) is 0 Å². The van der Waals surface area contributed by atoms with E-state index in [2.05, 4.69) is 64.2 Å². The third-order valence-corrected chi connectivity index (χ3v) is 6.24. The molecule has 4 nitrogen and oxygen atoms in total. The van der Waals surface area contributed by atoms with Gasteiger partial charge in [0, 0.05) is 6.54 Å². The minimum Gasteiger partial charge on any atom is -0.352 e. The average molecular weight is 424 g/mol. The van der Waals surface area contributed by atoms with Crippen LogP contribution in [-0.2, 0) is 9.36 Å². The fraction of sp³-hybridized carbons (Fsp3) is 0.625. The molecule has 0 rings (SSSR count). The number of amides is 1. The normalized spacial score (nSPS) is 16.7. The van der Waals surface area contributed by atoms with E-state index in [-0.39, 0.29) is 5.91 Å². The molecule has 1 amide bonds. The topological polar surface area (TPSA) is 66.4 Å². The van der Waals surface area contributed by atoms with E-state index in [1.165, 1.54) is 16.7 Å². The van der Waals surface area contributed by atoms with Crippen molar-refractivity contribution in [2.45, 2.75) is 85.7 Å². The van der Waals surface area contributed by atoms with Crippen LogP contribution in [0.25, 0.3) is 0 Å². The van der Waals surface area contributed by atoms with E-state index in [0.717, 1.165) is 32.1 Å². The van der Waals surface area contributed by atoms with E-state index in [1.807, 2.05) is 6.08 Å². The van der Waals surface area contributed by atoms with Crippen LogP contribution >= 0.6 is 8.03 Å². The molecule has 0 aromatic rings. The molecule has 0 aliphatic carbocycles. The standard InChI is InChI=1S/C24H42NO3P/c1-7-11-21(5)18-22(6)15-10-13-19(3)12-9-14-20(4)16-17-25-24(26)23(8-2)29(27)28/h7,11-12,15-16,21,23,29H,8-10,13-14,17-18H2,1-6H3,(H,25,26)(H,27,28). The van der Waals surface area contributed by atoms with Gasteiger partial charge in [-0.05, 0) is 72.1 Å². The van der Waals surface area contributed by atoms with E-state index >= 15 is 0 Å². The molecule has 0 aromatic carbocycles. The summed E-state index contributed by atoms with van der Waals surface area (Å²) in [4.78, 5) is 21.0. The molecule has 0 aliphatic heterocycles. The van der Waals surface area contributed by atoms with E-state index in [9.17, 15) is 9.36 Å². The highest BCUT2D eigenvalue weighted by Gasteiger charge is 2.20. The highest BCUT2D eigenvalue weighted by Crippen LogP contribution is 2.25. The molecule has 0 aromatic heterocycles. The third-order valence-electron chi connectivity index (χ3n) is 4.98. The molecule has 2 N–H and O–H groups in total. The summed E-state index contributed by atoms with van der Waals surface area (Å²) >= 11 is 0. The van der Waals surface area contributed by atoms with Gasteiger partial charge < -0.3 is 10.2 Å². The molecule has 29 heavy (non-hydrogen) atoms. The van der Waals surface area contributed by atoms with Crippen molar-refractivity contribution in [1.82, 2.24) is 5.32 Å². The van der Waals surface area contributed by atoms with Crippen LogP contribution in [0.2, 0.25) is 0 Å². The first-order chi connectivity index (χ1) is 13.7. The van der Waals surface area contributed by atoms with Crippen molar-refractivity contribution < 1.29 is 14.3 Å². The molecule has 3 atom stereocenters. The van der Waals surface area contributed by atoms with Gasteiger partial charge in [-0.25, -0.2) is 0 Å². The smallest absolute Gasteiger partial charge is 0.232 e. The van der Waals surface area contributed by atoms with Crippen molar-refractivity contribution in [3.05, 3.63) is 47.1 Å². The molecule has 166 valence electrons. The van der Waals surface area contributed by atoms with Gasteiger partial charge in [0.05, 0.1) is 0 Å². The van der Waals surface area contributed by atoms with Gasteiger partial charge in [-0.2, -0.15) is 0 Å². The molecule has 3 unspecified atom stereocenters. The number of hydrogen-bond acceptors (Lipinski definition) is 2. The lowest BCUT2D eigenvalue weighted by molar-refractivity contribution is -0.120. The van der Waals surface area contributed by atoms with Gasteiger partial charge in [-0.1, -0.05) is 60.9 Å². The number of nitrogens with one attached hydrogen (secondary N) is 1. The summed E-state index contributed by atoms with van der Waals surface area (Å²) in [6.07, 6.45) is 16.6. The second kappa shape index (κ2) is 16.4. The molecule has 0 saturated heterocycles. The second-order valence-electron chi connectivity index (χ2n) is 7.98. The van der Waals surface area contributed by atoms with Gasteiger partial charge in [-0.3, -0.25) is 9.36 Å². The fourth-order valence-corrected chi connectivity index (χ4v) is 3.88. The Morgan fingerprint density at radius 2 is 1.59 bits per heavy atom. The highest BCUT2D eigenvalue weighted by atomic mass is 31.1. The zero-order valence-corrected chi connectivity index (χ0v) is 20.3. The van der Waals surface area contributed by atoms with Crippen molar-refractivity contribution in [3.8, 4) is 0 Å². The van der Waals surface area contributed by atoms with Crippen molar-refractivity contribution >= 4 is 13.9 Å². The molecule has 0 fully saturated rings. The van der Waals surface area contributed by atoms with E-state index < -0.39 is 13.7 Å². The molecule has 0 spiro atoms. The minimum atomic E-state index is -2.82. The summed E-state index contributed by atoms with van der Waals surface area (Å²) in [5.74, 6) is 0.273. The van der Waals surface area contributed by atoms with Crippen LogP contribution in [0.15, 0.2) is 47.1 Å². The molecule has 0 saturated carbocycles. The Hall–Kier alpha value is -1.38. The predicted molar refractivity (Wildman–Crippen MR) is 127 cm³/mol. The maximum absolute atomic E-state index is 11.8. The lowest BCUT2D eigenvalue weighted by Crippen LogP contribution is -2.32. The molecule has 0 heterocycles. The lowest BCUT2D eigenvalue weighted by Gasteiger charge is -2.10. The summed E-state index contributed by atoms with van der Waals surface area (Å²) in [7, 11) is -2.82. The van der Waals surface area contributed by atoms with Crippen molar-refractivity contribution in [2.75, 3.05) is 6.54 Å². The monoisotopic (exact) mass is 423 g/mol. The Bertz CT molecular complexity index is 632. The van der Waals surface area contributed by atoms with E-state index in [0.29, 0.717) is 18.9 Å². The first kappa shape index (κ1) is 27.6. The van der Waals surface area contributed by atoms with Crippen molar-refractivity contribution in [3.63, 3.8) is 0 Å². The highest BCUT2D eigenvalue weighted by molar-refractivity contribution is 7.40. The number of hydrogen-bond donors (Lipinski definition) is 2.